The van der Waals surface area contributed by atoms with Crippen LogP contribution in [0.1, 0.15) is 24.7 Å². The van der Waals surface area contributed by atoms with Gasteiger partial charge >= 0.3 is 0 Å². The number of ether oxygens (including phenoxy) is 1. The summed E-state index contributed by atoms with van der Waals surface area (Å²) in [4.78, 5) is 10.1. The van der Waals surface area contributed by atoms with Gasteiger partial charge in [-0.05, 0) is 38.0 Å². The van der Waals surface area contributed by atoms with Crippen molar-refractivity contribution in [1.82, 2.24) is 24.2 Å². The van der Waals surface area contributed by atoms with E-state index in [9.17, 15) is 0 Å². The lowest BCUT2D eigenvalue weighted by molar-refractivity contribution is 0.0364. The molecule has 4 heterocycles. The number of hydrogen-bond donors (Lipinski definition) is 0. The van der Waals surface area contributed by atoms with Crippen molar-refractivity contribution in [1.29, 1.82) is 0 Å². The first-order chi connectivity index (χ1) is 14.7. The van der Waals surface area contributed by atoms with Crippen LogP contribution >= 0.6 is 0 Å². The fourth-order valence-corrected chi connectivity index (χ4v) is 4.80. The number of nitrogens with zero attached hydrogens (tertiary/aromatic N) is 6. The standard InChI is InChI=1S/C23H32N6O/c1-18-4-5-19-20(26(18)2)6-7-21-23(19)25-22(8-11-28-10-3-9-24-28)29(21)13-12-27-14-16-30-17-15-27/h3,6-7,9-10,18H,4-5,8,11-17H2,1-2H3. The summed E-state index contributed by atoms with van der Waals surface area (Å²) in [6, 6.07) is 7.15. The minimum absolute atomic E-state index is 0.581. The molecule has 2 aromatic heterocycles. The molecule has 5 rings (SSSR count). The van der Waals surface area contributed by atoms with Crippen LogP contribution in [0.25, 0.3) is 11.0 Å². The highest BCUT2D eigenvalue weighted by Gasteiger charge is 2.24. The molecule has 0 aliphatic carbocycles. The zero-order valence-electron chi connectivity index (χ0n) is 18.1. The van der Waals surface area contributed by atoms with E-state index in [4.69, 9.17) is 9.72 Å². The highest BCUT2D eigenvalue weighted by Crippen LogP contribution is 2.35. The number of morpholine rings is 1. The zero-order valence-corrected chi connectivity index (χ0v) is 18.1. The molecule has 1 aromatic carbocycles. The second-order valence-corrected chi connectivity index (χ2v) is 8.58. The fraction of sp³-hybridized carbons (Fsp3) is 0.565. The maximum atomic E-state index is 5.52. The summed E-state index contributed by atoms with van der Waals surface area (Å²) in [7, 11) is 2.21. The van der Waals surface area contributed by atoms with Gasteiger partial charge in [0.15, 0.2) is 0 Å². The number of aromatic nitrogens is 4. The van der Waals surface area contributed by atoms with Gasteiger partial charge in [0.1, 0.15) is 5.82 Å². The number of hydrogen-bond acceptors (Lipinski definition) is 5. The molecular formula is C23H32N6O. The lowest BCUT2D eigenvalue weighted by atomic mass is 9.96. The molecule has 1 atom stereocenters. The zero-order chi connectivity index (χ0) is 20.5. The van der Waals surface area contributed by atoms with Crippen molar-refractivity contribution in [3.63, 3.8) is 0 Å². The van der Waals surface area contributed by atoms with E-state index in [1.807, 2.05) is 23.1 Å². The highest BCUT2D eigenvalue weighted by atomic mass is 16.5. The molecule has 7 nitrogen and oxygen atoms in total. The number of aryl methyl sites for hydroxylation is 3. The average molecular weight is 409 g/mol. The van der Waals surface area contributed by atoms with Gasteiger partial charge in [0.2, 0.25) is 0 Å². The van der Waals surface area contributed by atoms with Gasteiger partial charge in [0, 0.05) is 75.9 Å². The van der Waals surface area contributed by atoms with Gasteiger partial charge in [-0.1, -0.05) is 0 Å². The lowest BCUT2D eigenvalue weighted by Gasteiger charge is -2.34. The van der Waals surface area contributed by atoms with Gasteiger partial charge in [-0.15, -0.1) is 0 Å². The maximum Gasteiger partial charge on any atom is 0.111 e. The molecule has 0 saturated carbocycles. The van der Waals surface area contributed by atoms with E-state index in [1.165, 1.54) is 34.5 Å². The Bertz CT molecular complexity index is 989. The van der Waals surface area contributed by atoms with Gasteiger partial charge in [-0.2, -0.15) is 5.10 Å². The maximum absolute atomic E-state index is 5.52. The van der Waals surface area contributed by atoms with Crippen molar-refractivity contribution in [2.45, 2.75) is 45.3 Å². The van der Waals surface area contributed by atoms with Crippen LogP contribution in [-0.4, -0.2) is 70.2 Å². The van der Waals surface area contributed by atoms with Crippen LogP contribution in [0.3, 0.4) is 0 Å². The summed E-state index contributed by atoms with van der Waals surface area (Å²) in [5.74, 6) is 1.17. The Morgan fingerprint density at radius 1 is 1.13 bits per heavy atom. The molecule has 3 aromatic rings. The molecule has 0 radical (unpaired) electrons. The van der Waals surface area contributed by atoms with E-state index >= 15 is 0 Å². The van der Waals surface area contributed by atoms with Crippen LogP contribution in [-0.2, 0) is 30.7 Å². The van der Waals surface area contributed by atoms with Crippen LogP contribution in [0, 0.1) is 0 Å². The molecule has 1 saturated heterocycles. The van der Waals surface area contributed by atoms with Gasteiger partial charge in [0.05, 0.1) is 24.2 Å². The number of benzene rings is 1. The SMILES string of the molecule is CC1CCc2c(ccc3c2nc(CCn2cccn2)n3CCN2CCOCC2)N1C. The smallest absolute Gasteiger partial charge is 0.111 e. The second-order valence-electron chi connectivity index (χ2n) is 8.58. The van der Waals surface area contributed by atoms with E-state index in [-0.39, 0.29) is 0 Å². The van der Waals surface area contributed by atoms with Crippen molar-refractivity contribution in [3.8, 4) is 0 Å². The first-order valence-electron chi connectivity index (χ1n) is 11.2. The first kappa shape index (κ1) is 19.6. The summed E-state index contributed by atoms with van der Waals surface area (Å²) in [5.41, 5.74) is 5.24. The molecule has 0 spiro atoms. The summed E-state index contributed by atoms with van der Waals surface area (Å²) < 4.78 is 9.96. The van der Waals surface area contributed by atoms with Crippen LogP contribution in [0.15, 0.2) is 30.6 Å². The fourth-order valence-electron chi connectivity index (χ4n) is 4.80. The van der Waals surface area contributed by atoms with Gasteiger partial charge in [0.25, 0.3) is 0 Å². The van der Waals surface area contributed by atoms with Gasteiger partial charge in [-0.25, -0.2) is 4.98 Å². The van der Waals surface area contributed by atoms with Crippen molar-refractivity contribution >= 4 is 16.7 Å². The Labute approximate surface area is 178 Å². The van der Waals surface area contributed by atoms with Gasteiger partial charge < -0.3 is 14.2 Å². The molecule has 30 heavy (non-hydrogen) atoms. The molecule has 0 N–H and O–H groups in total. The molecule has 2 aliphatic heterocycles. The molecule has 0 bridgehead atoms. The Kier molecular flexibility index (Phi) is 5.48. The van der Waals surface area contributed by atoms with Crippen molar-refractivity contribution in [3.05, 3.63) is 42.0 Å². The van der Waals surface area contributed by atoms with E-state index < -0.39 is 0 Å². The monoisotopic (exact) mass is 408 g/mol. The Hall–Kier alpha value is -2.38. The number of imidazole rings is 1. The first-order valence-corrected chi connectivity index (χ1v) is 11.2. The largest absolute Gasteiger partial charge is 0.379 e. The quantitative estimate of drug-likeness (QED) is 0.628. The second kappa shape index (κ2) is 8.40. The van der Waals surface area contributed by atoms with Crippen molar-refractivity contribution < 1.29 is 4.74 Å². The molecule has 7 heteroatoms. The van der Waals surface area contributed by atoms with Crippen LogP contribution in [0.2, 0.25) is 0 Å². The summed E-state index contributed by atoms with van der Waals surface area (Å²) in [6.45, 7) is 8.90. The summed E-state index contributed by atoms with van der Waals surface area (Å²) in [6.07, 6.45) is 7.05. The predicted octanol–water partition coefficient (Wildman–Crippen LogP) is 2.58. The highest BCUT2D eigenvalue weighted by molar-refractivity contribution is 5.86. The number of anilines is 1. The van der Waals surface area contributed by atoms with Crippen molar-refractivity contribution in [2.24, 2.45) is 0 Å². The average Bonchev–Trinajstić information content (AvgIpc) is 3.41. The Balaban J connectivity index is 1.48. The van der Waals surface area contributed by atoms with Crippen LogP contribution in [0.4, 0.5) is 5.69 Å². The lowest BCUT2D eigenvalue weighted by Crippen LogP contribution is -2.38. The summed E-state index contributed by atoms with van der Waals surface area (Å²) in [5, 5.41) is 4.37. The van der Waals surface area contributed by atoms with E-state index in [1.54, 1.807) is 0 Å². The predicted molar refractivity (Wildman–Crippen MR) is 119 cm³/mol. The van der Waals surface area contributed by atoms with Crippen molar-refractivity contribution in [2.75, 3.05) is 44.8 Å². The molecule has 2 aliphatic rings. The molecular weight excluding hydrogens is 376 g/mol. The Morgan fingerprint density at radius 3 is 2.80 bits per heavy atom. The van der Waals surface area contributed by atoms with Gasteiger partial charge in [-0.3, -0.25) is 9.58 Å². The molecule has 160 valence electrons. The third kappa shape index (κ3) is 3.72. The Morgan fingerprint density at radius 2 is 2.00 bits per heavy atom. The normalized spacial score (nSPS) is 20.1. The number of rotatable bonds is 6. The molecule has 1 unspecified atom stereocenters. The third-order valence-electron chi connectivity index (χ3n) is 6.80. The topological polar surface area (TPSA) is 51.4 Å². The van der Waals surface area contributed by atoms with E-state index in [2.05, 4.69) is 45.6 Å². The molecule has 0 amide bonds. The van der Waals surface area contributed by atoms with Crippen LogP contribution in [0.5, 0.6) is 0 Å². The van der Waals surface area contributed by atoms with Crippen LogP contribution < -0.4 is 4.90 Å². The summed E-state index contributed by atoms with van der Waals surface area (Å²) >= 11 is 0. The van der Waals surface area contributed by atoms with E-state index in [0.717, 1.165) is 58.8 Å². The molecule has 1 fully saturated rings. The third-order valence-corrected chi connectivity index (χ3v) is 6.80. The minimum atomic E-state index is 0.581. The minimum Gasteiger partial charge on any atom is -0.379 e. The van der Waals surface area contributed by atoms with E-state index in [0.29, 0.717) is 6.04 Å². The number of fused-ring (bicyclic) bond motifs is 3.